The highest BCUT2D eigenvalue weighted by Gasteiger charge is 2.18. The van der Waals surface area contributed by atoms with Crippen LogP contribution in [-0.4, -0.2) is 14.4 Å². The number of imidazole rings is 1. The number of benzene rings is 3. The predicted molar refractivity (Wildman–Crippen MR) is 123 cm³/mol. The van der Waals surface area contributed by atoms with E-state index in [1.165, 1.54) is 0 Å². The van der Waals surface area contributed by atoms with E-state index >= 15 is 0 Å². The van der Waals surface area contributed by atoms with Gasteiger partial charge in [-0.25, -0.2) is 4.98 Å². The maximum absolute atomic E-state index is 6.30. The molecule has 0 unspecified atom stereocenters. The molecule has 0 fully saturated rings. The van der Waals surface area contributed by atoms with Crippen LogP contribution in [0.25, 0.3) is 71.3 Å². The van der Waals surface area contributed by atoms with Gasteiger partial charge in [-0.05, 0) is 42.5 Å². The van der Waals surface area contributed by atoms with E-state index in [4.69, 9.17) is 8.83 Å². The van der Waals surface area contributed by atoms with Crippen molar-refractivity contribution in [1.82, 2.24) is 14.4 Å². The zero-order chi connectivity index (χ0) is 20.1. The molecule has 5 aromatic heterocycles. The number of para-hydroxylation sites is 1. The molecular formula is C26H13N3O2. The quantitative estimate of drug-likeness (QED) is 0.262. The first-order chi connectivity index (χ1) is 15.4. The molecule has 0 saturated heterocycles. The minimum absolute atomic E-state index is 0.816. The van der Waals surface area contributed by atoms with Crippen molar-refractivity contribution >= 4 is 71.3 Å². The standard InChI is InChI=1S/C26H13N3O2/c1-2-6-20-14(4-1)15-7-8-21-23(25(15)31-20)18-12-19-17(13-22(18)30-21)24-16(5-3-9-27-24)26-28-10-11-29(19)26/h1-13H. The van der Waals surface area contributed by atoms with Crippen LogP contribution in [0.4, 0.5) is 0 Å². The fourth-order valence-corrected chi connectivity index (χ4v) is 4.96. The fraction of sp³-hybridized carbons (Fsp3) is 0. The highest BCUT2D eigenvalue weighted by Crippen LogP contribution is 2.41. The Kier molecular flexibility index (Phi) is 2.60. The van der Waals surface area contributed by atoms with Gasteiger partial charge >= 0.3 is 0 Å². The Balaban J connectivity index is 1.64. The molecule has 5 heterocycles. The maximum Gasteiger partial charge on any atom is 0.147 e. The molecule has 0 amide bonds. The summed E-state index contributed by atoms with van der Waals surface area (Å²) in [6, 6.07) is 20.5. The smallest absolute Gasteiger partial charge is 0.147 e. The van der Waals surface area contributed by atoms with Gasteiger partial charge < -0.3 is 8.83 Å². The average molecular weight is 399 g/mol. The lowest BCUT2D eigenvalue weighted by Gasteiger charge is -2.07. The molecule has 0 saturated carbocycles. The molecular weight excluding hydrogens is 386 g/mol. The molecule has 0 spiro atoms. The van der Waals surface area contributed by atoms with Gasteiger partial charge in [-0.15, -0.1) is 0 Å². The molecule has 144 valence electrons. The van der Waals surface area contributed by atoms with Crippen LogP contribution in [-0.2, 0) is 0 Å². The SMILES string of the molecule is c1ccc2c(c1)oc1c2ccc2oc3cc4c5ncccc5c5nccn5c4cc3c21. The van der Waals surface area contributed by atoms with Crippen LogP contribution in [0.2, 0.25) is 0 Å². The van der Waals surface area contributed by atoms with Gasteiger partial charge in [0, 0.05) is 45.5 Å². The van der Waals surface area contributed by atoms with Crippen LogP contribution in [0.1, 0.15) is 0 Å². The first-order valence-corrected chi connectivity index (χ1v) is 10.2. The Morgan fingerprint density at radius 3 is 2.58 bits per heavy atom. The summed E-state index contributed by atoms with van der Waals surface area (Å²) in [5.74, 6) is 0. The summed E-state index contributed by atoms with van der Waals surface area (Å²) in [4.78, 5) is 9.25. The molecule has 0 aliphatic rings. The van der Waals surface area contributed by atoms with E-state index in [1.54, 1.807) is 0 Å². The predicted octanol–water partition coefficient (Wildman–Crippen LogP) is 6.83. The molecule has 31 heavy (non-hydrogen) atoms. The highest BCUT2D eigenvalue weighted by molar-refractivity contribution is 6.24. The summed E-state index contributed by atoms with van der Waals surface area (Å²) in [6.45, 7) is 0. The normalized spacial score (nSPS) is 12.5. The van der Waals surface area contributed by atoms with Crippen molar-refractivity contribution in [3.8, 4) is 0 Å². The van der Waals surface area contributed by atoms with Gasteiger partial charge in [-0.3, -0.25) is 9.38 Å². The van der Waals surface area contributed by atoms with Gasteiger partial charge in [0.05, 0.1) is 16.4 Å². The first kappa shape index (κ1) is 15.5. The fourth-order valence-electron chi connectivity index (χ4n) is 4.96. The summed E-state index contributed by atoms with van der Waals surface area (Å²) >= 11 is 0. The second-order valence-electron chi connectivity index (χ2n) is 7.90. The molecule has 0 atom stereocenters. The number of aromatic nitrogens is 3. The van der Waals surface area contributed by atoms with Gasteiger partial charge in [0.15, 0.2) is 0 Å². The zero-order valence-electron chi connectivity index (χ0n) is 16.2. The summed E-state index contributed by atoms with van der Waals surface area (Å²) in [5.41, 5.74) is 6.24. The minimum atomic E-state index is 0.816. The van der Waals surface area contributed by atoms with Crippen LogP contribution in [0.15, 0.2) is 88.1 Å². The molecule has 0 N–H and O–H groups in total. The maximum atomic E-state index is 6.30. The molecule has 8 rings (SSSR count). The number of pyridine rings is 2. The number of rotatable bonds is 0. The second kappa shape index (κ2) is 5.21. The Bertz CT molecular complexity index is 2010. The van der Waals surface area contributed by atoms with E-state index in [0.717, 1.165) is 71.3 Å². The van der Waals surface area contributed by atoms with E-state index in [1.807, 2.05) is 48.9 Å². The van der Waals surface area contributed by atoms with Crippen molar-refractivity contribution in [1.29, 1.82) is 0 Å². The summed E-state index contributed by atoms with van der Waals surface area (Å²) in [5, 5.41) is 6.29. The van der Waals surface area contributed by atoms with Crippen LogP contribution in [0.3, 0.4) is 0 Å². The van der Waals surface area contributed by atoms with E-state index in [2.05, 4.69) is 44.7 Å². The molecule has 5 heteroatoms. The molecule has 0 aliphatic heterocycles. The Morgan fingerprint density at radius 1 is 0.645 bits per heavy atom. The molecule has 0 aliphatic carbocycles. The Labute approximate surface area is 174 Å². The first-order valence-electron chi connectivity index (χ1n) is 10.2. The van der Waals surface area contributed by atoms with E-state index in [-0.39, 0.29) is 0 Å². The van der Waals surface area contributed by atoms with E-state index < -0.39 is 0 Å². The number of furan rings is 2. The van der Waals surface area contributed by atoms with Gasteiger partial charge in [-0.1, -0.05) is 18.2 Å². The third-order valence-electron chi connectivity index (χ3n) is 6.30. The van der Waals surface area contributed by atoms with Crippen molar-refractivity contribution < 1.29 is 8.83 Å². The summed E-state index contributed by atoms with van der Waals surface area (Å²) in [6.07, 6.45) is 5.65. The lowest BCUT2D eigenvalue weighted by atomic mass is 10.0. The number of hydrogen-bond donors (Lipinski definition) is 0. The van der Waals surface area contributed by atoms with Crippen molar-refractivity contribution in [3.63, 3.8) is 0 Å². The minimum Gasteiger partial charge on any atom is -0.456 e. The van der Waals surface area contributed by atoms with Crippen molar-refractivity contribution in [3.05, 3.63) is 79.3 Å². The lowest BCUT2D eigenvalue weighted by molar-refractivity contribution is 0.663. The van der Waals surface area contributed by atoms with Crippen molar-refractivity contribution in [2.75, 3.05) is 0 Å². The van der Waals surface area contributed by atoms with Gasteiger partial charge in [-0.2, -0.15) is 0 Å². The zero-order valence-corrected chi connectivity index (χ0v) is 16.2. The lowest BCUT2D eigenvalue weighted by Crippen LogP contribution is -1.91. The van der Waals surface area contributed by atoms with E-state index in [9.17, 15) is 0 Å². The van der Waals surface area contributed by atoms with Gasteiger partial charge in [0.25, 0.3) is 0 Å². The Morgan fingerprint density at radius 2 is 1.58 bits per heavy atom. The van der Waals surface area contributed by atoms with Crippen LogP contribution in [0, 0.1) is 0 Å². The molecule has 3 aromatic carbocycles. The summed E-state index contributed by atoms with van der Waals surface area (Å²) < 4.78 is 14.7. The Hall–Kier alpha value is -4.38. The van der Waals surface area contributed by atoms with Crippen LogP contribution < -0.4 is 0 Å². The topological polar surface area (TPSA) is 56.5 Å². The molecule has 0 radical (unpaired) electrons. The van der Waals surface area contributed by atoms with Crippen LogP contribution in [0.5, 0.6) is 0 Å². The van der Waals surface area contributed by atoms with E-state index in [0.29, 0.717) is 0 Å². The number of fused-ring (bicyclic) bond motifs is 13. The third-order valence-corrected chi connectivity index (χ3v) is 6.30. The monoisotopic (exact) mass is 399 g/mol. The summed E-state index contributed by atoms with van der Waals surface area (Å²) in [7, 11) is 0. The van der Waals surface area contributed by atoms with Gasteiger partial charge in [0.1, 0.15) is 28.0 Å². The molecule has 8 aromatic rings. The average Bonchev–Trinajstić information content (AvgIpc) is 3.52. The van der Waals surface area contributed by atoms with Crippen molar-refractivity contribution in [2.24, 2.45) is 0 Å². The largest absolute Gasteiger partial charge is 0.456 e. The van der Waals surface area contributed by atoms with Crippen LogP contribution >= 0.6 is 0 Å². The number of hydrogen-bond acceptors (Lipinski definition) is 4. The molecule has 0 bridgehead atoms. The number of nitrogens with zero attached hydrogens (tertiary/aromatic N) is 3. The molecule has 5 nitrogen and oxygen atoms in total. The van der Waals surface area contributed by atoms with Gasteiger partial charge in [0.2, 0.25) is 0 Å². The highest BCUT2D eigenvalue weighted by atomic mass is 16.3. The van der Waals surface area contributed by atoms with Crippen molar-refractivity contribution in [2.45, 2.75) is 0 Å². The third kappa shape index (κ3) is 1.82. The second-order valence-corrected chi connectivity index (χ2v) is 7.90.